The van der Waals surface area contributed by atoms with Crippen molar-refractivity contribution in [2.45, 2.75) is 31.2 Å². The van der Waals surface area contributed by atoms with Crippen LogP contribution in [0.1, 0.15) is 30.5 Å². The molecule has 1 N–H and O–H groups in total. The third-order valence-corrected chi connectivity index (χ3v) is 4.62. The maximum Gasteiger partial charge on any atom is 0.0417 e. The molecule has 0 spiro atoms. The highest BCUT2D eigenvalue weighted by molar-refractivity contribution is 7.99. The summed E-state index contributed by atoms with van der Waals surface area (Å²) in [5, 5.41) is 4.44. The Bertz CT molecular complexity index is 571. The highest BCUT2D eigenvalue weighted by Gasteiger charge is 2.11. The van der Waals surface area contributed by atoms with Crippen LogP contribution in [0.3, 0.4) is 0 Å². The molecule has 112 valence electrons. The molecular formula is C18H22ClNS. The van der Waals surface area contributed by atoms with Crippen LogP contribution >= 0.6 is 23.4 Å². The molecule has 0 aliphatic rings. The second-order valence-corrected chi connectivity index (χ2v) is 6.72. The minimum Gasteiger partial charge on any atom is -0.309 e. The molecule has 0 aliphatic heterocycles. The largest absolute Gasteiger partial charge is 0.309 e. The van der Waals surface area contributed by atoms with Crippen LogP contribution in [-0.4, -0.2) is 12.3 Å². The Hall–Kier alpha value is -0.960. The predicted octanol–water partition coefficient (Wildman–Crippen LogP) is 5.48. The van der Waals surface area contributed by atoms with Gasteiger partial charge in [0.2, 0.25) is 0 Å². The fraction of sp³-hybridized carbons (Fsp3) is 0.333. The molecule has 1 nitrogen and oxygen atoms in total. The van der Waals surface area contributed by atoms with E-state index >= 15 is 0 Å². The van der Waals surface area contributed by atoms with Gasteiger partial charge in [0.15, 0.2) is 0 Å². The van der Waals surface area contributed by atoms with Crippen molar-refractivity contribution < 1.29 is 0 Å². The molecule has 0 amide bonds. The average molecular weight is 320 g/mol. The first-order valence-corrected chi connectivity index (χ1v) is 8.73. The van der Waals surface area contributed by atoms with Crippen molar-refractivity contribution in [1.82, 2.24) is 5.32 Å². The molecule has 0 saturated carbocycles. The van der Waals surface area contributed by atoms with Gasteiger partial charge in [-0.05, 0) is 43.7 Å². The van der Waals surface area contributed by atoms with Gasteiger partial charge in [0.1, 0.15) is 0 Å². The van der Waals surface area contributed by atoms with E-state index in [1.807, 2.05) is 30.0 Å². The molecule has 2 aromatic carbocycles. The summed E-state index contributed by atoms with van der Waals surface area (Å²) in [6.07, 6.45) is 1.14. The van der Waals surface area contributed by atoms with Crippen LogP contribution in [0.4, 0.5) is 0 Å². The van der Waals surface area contributed by atoms with Gasteiger partial charge in [-0.1, -0.05) is 54.4 Å². The lowest BCUT2D eigenvalue weighted by molar-refractivity contribution is 0.577. The van der Waals surface area contributed by atoms with E-state index in [0.29, 0.717) is 6.04 Å². The zero-order chi connectivity index (χ0) is 15.1. The van der Waals surface area contributed by atoms with Crippen LogP contribution in [0.5, 0.6) is 0 Å². The molecule has 0 heterocycles. The summed E-state index contributed by atoms with van der Waals surface area (Å²) < 4.78 is 0. The van der Waals surface area contributed by atoms with Gasteiger partial charge in [-0.15, -0.1) is 11.8 Å². The number of benzene rings is 2. The highest BCUT2D eigenvalue weighted by atomic mass is 35.5. The topological polar surface area (TPSA) is 12.0 Å². The van der Waals surface area contributed by atoms with E-state index in [-0.39, 0.29) is 0 Å². The van der Waals surface area contributed by atoms with E-state index in [0.717, 1.165) is 23.7 Å². The number of hydrogen-bond donors (Lipinski definition) is 1. The van der Waals surface area contributed by atoms with Crippen molar-refractivity contribution in [2.24, 2.45) is 0 Å². The summed E-state index contributed by atoms with van der Waals surface area (Å²) in [5.41, 5.74) is 2.67. The predicted molar refractivity (Wildman–Crippen MR) is 94.4 cm³/mol. The first-order valence-electron chi connectivity index (χ1n) is 7.37. The van der Waals surface area contributed by atoms with E-state index in [1.54, 1.807) is 0 Å². The Kier molecular flexibility index (Phi) is 6.62. The van der Waals surface area contributed by atoms with Gasteiger partial charge in [-0.25, -0.2) is 0 Å². The number of thioether (sulfide) groups is 1. The summed E-state index contributed by atoms with van der Waals surface area (Å²) in [6.45, 7) is 5.38. The van der Waals surface area contributed by atoms with Crippen molar-refractivity contribution >= 4 is 23.4 Å². The number of hydrogen-bond acceptors (Lipinski definition) is 2. The Morgan fingerprint density at radius 3 is 2.67 bits per heavy atom. The molecular weight excluding hydrogens is 298 g/mol. The molecule has 2 aromatic rings. The standard InChI is InChI=1S/C18H22ClNS/c1-3-10-20-18(15-7-4-6-14(2)11-15)13-21-17-9-5-8-16(19)12-17/h4-9,11-12,18,20H,3,10,13H2,1-2H3. The summed E-state index contributed by atoms with van der Waals surface area (Å²) in [6, 6.07) is 17.2. The molecule has 0 bridgehead atoms. The molecule has 21 heavy (non-hydrogen) atoms. The van der Waals surface area contributed by atoms with Crippen molar-refractivity contribution in [3.8, 4) is 0 Å². The second kappa shape index (κ2) is 8.47. The Balaban J connectivity index is 2.06. The number of nitrogens with one attached hydrogen (secondary N) is 1. The summed E-state index contributed by atoms with van der Waals surface area (Å²) >= 11 is 7.90. The fourth-order valence-electron chi connectivity index (χ4n) is 2.21. The van der Waals surface area contributed by atoms with Gasteiger partial charge in [0, 0.05) is 21.7 Å². The van der Waals surface area contributed by atoms with E-state index in [4.69, 9.17) is 11.6 Å². The van der Waals surface area contributed by atoms with E-state index in [9.17, 15) is 0 Å². The zero-order valence-electron chi connectivity index (χ0n) is 12.6. The molecule has 2 rings (SSSR count). The van der Waals surface area contributed by atoms with Gasteiger partial charge in [0.25, 0.3) is 0 Å². The van der Waals surface area contributed by atoms with Crippen LogP contribution in [0, 0.1) is 6.92 Å². The maximum absolute atomic E-state index is 6.05. The molecule has 0 aromatic heterocycles. The van der Waals surface area contributed by atoms with Gasteiger partial charge >= 0.3 is 0 Å². The van der Waals surface area contributed by atoms with E-state index in [1.165, 1.54) is 16.0 Å². The molecule has 1 unspecified atom stereocenters. The Morgan fingerprint density at radius 2 is 1.95 bits per heavy atom. The highest BCUT2D eigenvalue weighted by Crippen LogP contribution is 2.27. The molecule has 0 saturated heterocycles. The minimum absolute atomic E-state index is 0.369. The fourth-order valence-corrected chi connectivity index (χ4v) is 3.52. The first kappa shape index (κ1) is 16.4. The van der Waals surface area contributed by atoms with Crippen LogP contribution in [0.2, 0.25) is 5.02 Å². The number of aryl methyl sites for hydroxylation is 1. The third kappa shape index (κ3) is 5.39. The van der Waals surface area contributed by atoms with Crippen molar-refractivity contribution in [1.29, 1.82) is 0 Å². The van der Waals surface area contributed by atoms with Crippen molar-refractivity contribution in [3.05, 3.63) is 64.7 Å². The lowest BCUT2D eigenvalue weighted by atomic mass is 10.1. The second-order valence-electron chi connectivity index (χ2n) is 5.19. The summed E-state index contributed by atoms with van der Waals surface area (Å²) in [7, 11) is 0. The quantitative estimate of drug-likeness (QED) is 0.678. The first-order chi connectivity index (χ1) is 10.2. The smallest absolute Gasteiger partial charge is 0.0417 e. The van der Waals surface area contributed by atoms with Crippen LogP contribution in [-0.2, 0) is 0 Å². The average Bonchev–Trinajstić information content (AvgIpc) is 2.47. The minimum atomic E-state index is 0.369. The van der Waals surface area contributed by atoms with Gasteiger partial charge in [0.05, 0.1) is 0 Å². The number of rotatable bonds is 7. The Labute approximate surface area is 137 Å². The maximum atomic E-state index is 6.05. The molecule has 0 aliphatic carbocycles. The van der Waals surface area contributed by atoms with Gasteiger partial charge in [-0.2, -0.15) is 0 Å². The lowest BCUT2D eigenvalue weighted by Crippen LogP contribution is -2.24. The van der Waals surface area contributed by atoms with E-state index < -0.39 is 0 Å². The Morgan fingerprint density at radius 1 is 1.14 bits per heavy atom. The lowest BCUT2D eigenvalue weighted by Gasteiger charge is -2.19. The van der Waals surface area contributed by atoms with E-state index in [2.05, 4.69) is 49.5 Å². The van der Waals surface area contributed by atoms with Crippen LogP contribution in [0.25, 0.3) is 0 Å². The van der Waals surface area contributed by atoms with Gasteiger partial charge in [-0.3, -0.25) is 0 Å². The SMILES string of the molecule is CCCNC(CSc1cccc(Cl)c1)c1cccc(C)c1. The molecule has 0 fully saturated rings. The van der Waals surface area contributed by atoms with Crippen molar-refractivity contribution in [3.63, 3.8) is 0 Å². The van der Waals surface area contributed by atoms with Crippen molar-refractivity contribution in [2.75, 3.05) is 12.3 Å². The zero-order valence-corrected chi connectivity index (χ0v) is 14.2. The van der Waals surface area contributed by atoms with Gasteiger partial charge < -0.3 is 5.32 Å². The molecule has 0 radical (unpaired) electrons. The third-order valence-electron chi connectivity index (χ3n) is 3.30. The summed E-state index contributed by atoms with van der Waals surface area (Å²) in [5.74, 6) is 1.00. The molecule has 1 atom stereocenters. The molecule has 3 heteroatoms. The monoisotopic (exact) mass is 319 g/mol. The summed E-state index contributed by atoms with van der Waals surface area (Å²) in [4.78, 5) is 1.22. The normalized spacial score (nSPS) is 12.3. The van der Waals surface area contributed by atoms with Crippen LogP contribution in [0.15, 0.2) is 53.4 Å². The number of halogens is 1. The van der Waals surface area contributed by atoms with Crippen LogP contribution < -0.4 is 5.32 Å².